The van der Waals surface area contributed by atoms with Gasteiger partial charge in [-0.15, -0.1) is 0 Å². The predicted molar refractivity (Wildman–Crippen MR) is 110 cm³/mol. The van der Waals surface area contributed by atoms with Gasteiger partial charge in [0.1, 0.15) is 6.61 Å². The fourth-order valence-corrected chi connectivity index (χ4v) is 4.75. The number of rotatable bonds is 5. The molecule has 4 heterocycles. The standard InChI is InChI=1S/C23H27N3O2/c1-15-3-5-16(6-4-15)14-28-19-8-7-18(13-20(19)27-2)22-23-21(24-25-22)17-9-11-26(23)12-10-17/h3-8,13,17,22-23,25H,9-12,14H2,1-2H3. The van der Waals surface area contributed by atoms with Gasteiger partial charge in [0.05, 0.1) is 24.9 Å². The number of aryl methyl sites for hydroxylation is 1. The lowest BCUT2D eigenvalue weighted by Gasteiger charge is -2.45. The molecule has 0 amide bonds. The van der Waals surface area contributed by atoms with E-state index in [1.165, 1.54) is 42.8 Å². The van der Waals surface area contributed by atoms with Crippen molar-refractivity contribution < 1.29 is 9.47 Å². The molecule has 2 aromatic carbocycles. The molecule has 28 heavy (non-hydrogen) atoms. The Morgan fingerprint density at radius 3 is 2.61 bits per heavy atom. The van der Waals surface area contributed by atoms with Crippen LogP contribution in [0, 0.1) is 12.8 Å². The molecule has 2 unspecified atom stereocenters. The third-order valence-corrected chi connectivity index (χ3v) is 6.35. The van der Waals surface area contributed by atoms with Crippen molar-refractivity contribution in [2.75, 3.05) is 20.2 Å². The third kappa shape index (κ3) is 3.04. The molecule has 0 aromatic heterocycles. The Morgan fingerprint density at radius 1 is 1.07 bits per heavy atom. The van der Waals surface area contributed by atoms with E-state index >= 15 is 0 Å². The van der Waals surface area contributed by atoms with E-state index in [-0.39, 0.29) is 6.04 Å². The van der Waals surface area contributed by atoms with Crippen molar-refractivity contribution in [3.63, 3.8) is 0 Å². The molecule has 3 saturated heterocycles. The molecule has 4 aliphatic rings. The first-order chi connectivity index (χ1) is 13.7. The number of hydrogen-bond acceptors (Lipinski definition) is 5. The van der Waals surface area contributed by atoms with E-state index in [0.29, 0.717) is 18.6 Å². The number of methoxy groups -OCH3 is 1. The third-order valence-electron chi connectivity index (χ3n) is 6.35. The van der Waals surface area contributed by atoms with Crippen LogP contribution in [-0.4, -0.2) is 36.9 Å². The maximum atomic E-state index is 6.04. The van der Waals surface area contributed by atoms with Crippen LogP contribution in [0.5, 0.6) is 11.5 Å². The summed E-state index contributed by atoms with van der Waals surface area (Å²) in [6.07, 6.45) is 2.50. The first-order valence-electron chi connectivity index (χ1n) is 10.2. The molecule has 0 radical (unpaired) electrons. The Bertz CT molecular complexity index is 885. The lowest BCUT2D eigenvalue weighted by Crippen LogP contribution is -2.56. The van der Waals surface area contributed by atoms with E-state index in [0.717, 1.165) is 17.1 Å². The van der Waals surface area contributed by atoms with Gasteiger partial charge in [-0.1, -0.05) is 35.9 Å². The highest BCUT2D eigenvalue weighted by molar-refractivity contribution is 5.95. The van der Waals surface area contributed by atoms with Crippen LogP contribution >= 0.6 is 0 Å². The number of nitrogens with zero attached hydrogens (tertiary/aromatic N) is 2. The van der Waals surface area contributed by atoms with Crippen molar-refractivity contribution in [3.05, 3.63) is 59.2 Å². The molecule has 2 atom stereocenters. The molecular formula is C23H27N3O2. The van der Waals surface area contributed by atoms with Crippen LogP contribution in [0.15, 0.2) is 47.6 Å². The summed E-state index contributed by atoms with van der Waals surface area (Å²) in [5.41, 5.74) is 8.36. The van der Waals surface area contributed by atoms with Gasteiger partial charge in [-0.2, -0.15) is 5.10 Å². The van der Waals surface area contributed by atoms with Gasteiger partial charge in [0.2, 0.25) is 0 Å². The van der Waals surface area contributed by atoms with Crippen LogP contribution in [-0.2, 0) is 6.61 Å². The molecule has 1 N–H and O–H groups in total. The largest absolute Gasteiger partial charge is 0.493 e. The summed E-state index contributed by atoms with van der Waals surface area (Å²) in [6.45, 7) is 4.99. The number of fused-ring (bicyclic) bond motifs is 2. The summed E-state index contributed by atoms with van der Waals surface area (Å²) in [5, 5.41) is 4.71. The molecule has 2 aromatic rings. The van der Waals surface area contributed by atoms with Crippen LogP contribution in [0.4, 0.5) is 0 Å². The van der Waals surface area contributed by atoms with Gasteiger partial charge in [0.15, 0.2) is 11.5 Å². The second-order valence-electron chi connectivity index (χ2n) is 8.08. The Kier molecular flexibility index (Phi) is 4.47. The summed E-state index contributed by atoms with van der Waals surface area (Å²) in [7, 11) is 1.70. The Balaban J connectivity index is 1.34. The lowest BCUT2D eigenvalue weighted by molar-refractivity contribution is 0.133. The number of benzene rings is 2. The molecule has 3 fully saturated rings. The highest BCUT2D eigenvalue weighted by Crippen LogP contribution is 2.40. The second kappa shape index (κ2) is 7.13. The first kappa shape index (κ1) is 17.6. The second-order valence-corrected chi connectivity index (χ2v) is 8.08. The predicted octanol–water partition coefficient (Wildman–Crippen LogP) is 3.68. The van der Waals surface area contributed by atoms with Crippen molar-refractivity contribution >= 4 is 5.71 Å². The SMILES string of the molecule is COc1cc(C2NN=C3C4CCN(CC4)C32)ccc1OCc1ccc(C)cc1. The fourth-order valence-electron chi connectivity index (χ4n) is 4.75. The number of piperidine rings is 3. The molecule has 6 rings (SSSR count). The molecule has 4 aliphatic heterocycles. The van der Waals surface area contributed by atoms with Gasteiger partial charge < -0.3 is 14.9 Å². The summed E-state index contributed by atoms with van der Waals surface area (Å²) in [5.74, 6) is 2.21. The summed E-state index contributed by atoms with van der Waals surface area (Å²) in [6, 6.07) is 15.3. The first-order valence-corrected chi connectivity index (χ1v) is 10.2. The molecular weight excluding hydrogens is 350 g/mol. The van der Waals surface area contributed by atoms with Crippen molar-refractivity contribution in [1.82, 2.24) is 10.3 Å². The molecule has 5 heteroatoms. The maximum Gasteiger partial charge on any atom is 0.161 e. The molecule has 0 saturated carbocycles. The van der Waals surface area contributed by atoms with E-state index < -0.39 is 0 Å². The van der Waals surface area contributed by atoms with Gasteiger partial charge in [0, 0.05) is 5.92 Å². The lowest BCUT2D eigenvalue weighted by atomic mass is 9.78. The van der Waals surface area contributed by atoms with E-state index in [1.54, 1.807) is 7.11 Å². The van der Waals surface area contributed by atoms with E-state index in [9.17, 15) is 0 Å². The van der Waals surface area contributed by atoms with Crippen LogP contribution in [0.25, 0.3) is 0 Å². The van der Waals surface area contributed by atoms with Gasteiger partial charge in [-0.05, 0) is 56.1 Å². The summed E-state index contributed by atoms with van der Waals surface area (Å²) < 4.78 is 11.7. The normalized spacial score (nSPS) is 27.7. The minimum Gasteiger partial charge on any atom is -0.493 e. The Morgan fingerprint density at radius 2 is 1.86 bits per heavy atom. The van der Waals surface area contributed by atoms with Crippen LogP contribution in [0.2, 0.25) is 0 Å². The zero-order valence-corrected chi connectivity index (χ0v) is 16.5. The van der Waals surface area contributed by atoms with Crippen LogP contribution in [0.1, 0.15) is 35.6 Å². The van der Waals surface area contributed by atoms with Crippen molar-refractivity contribution in [2.45, 2.75) is 38.5 Å². The van der Waals surface area contributed by atoms with Crippen molar-refractivity contribution in [1.29, 1.82) is 0 Å². The minimum absolute atomic E-state index is 0.193. The molecule has 146 valence electrons. The minimum atomic E-state index is 0.193. The molecule has 5 nitrogen and oxygen atoms in total. The number of hydrogen-bond donors (Lipinski definition) is 1. The summed E-state index contributed by atoms with van der Waals surface area (Å²) in [4.78, 5) is 2.58. The van der Waals surface area contributed by atoms with E-state index in [1.807, 2.05) is 6.07 Å². The van der Waals surface area contributed by atoms with Gasteiger partial charge in [-0.3, -0.25) is 4.90 Å². The molecule has 0 spiro atoms. The van der Waals surface area contributed by atoms with Crippen molar-refractivity contribution in [3.8, 4) is 11.5 Å². The smallest absolute Gasteiger partial charge is 0.161 e. The summed E-state index contributed by atoms with van der Waals surface area (Å²) >= 11 is 0. The average molecular weight is 377 g/mol. The number of hydrazone groups is 1. The van der Waals surface area contributed by atoms with E-state index in [2.05, 4.69) is 53.6 Å². The molecule has 0 aliphatic carbocycles. The van der Waals surface area contributed by atoms with Gasteiger partial charge in [-0.25, -0.2) is 0 Å². The van der Waals surface area contributed by atoms with E-state index in [4.69, 9.17) is 14.6 Å². The highest BCUT2D eigenvalue weighted by atomic mass is 16.5. The number of ether oxygens (including phenoxy) is 2. The zero-order chi connectivity index (χ0) is 19.1. The average Bonchev–Trinajstić information content (AvgIpc) is 3.22. The Hall–Kier alpha value is -2.53. The highest BCUT2D eigenvalue weighted by Gasteiger charge is 2.46. The quantitative estimate of drug-likeness (QED) is 0.864. The Labute approximate surface area is 166 Å². The number of nitrogens with one attached hydrogen (secondary N) is 1. The molecule has 2 bridgehead atoms. The van der Waals surface area contributed by atoms with Crippen LogP contribution < -0.4 is 14.9 Å². The van der Waals surface area contributed by atoms with Crippen LogP contribution in [0.3, 0.4) is 0 Å². The monoisotopic (exact) mass is 377 g/mol. The zero-order valence-electron chi connectivity index (χ0n) is 16.5. The van der Waals surface area contributed by atoms with Gasteiger partial charge >= 0.3 is 0 Å². The fraction of sp³-hybridized carbons (Fsp3) is 0.435. The van der Waals surface area contributed by atoms with Crippen molar-refractivity contribution in [2.24, 2.45) is 11.0 Å². The maximum absolute atomic E-state index is 6.04. The topological polar surface area (TPSA) is 46.1 Å². The van der Waals surface area contributed by atoms with Gasteiger partial charge in [0.25, 0.3) is 0 Å².